The van der Waals surface area contributed by atoms with E-state index in [-0.39, 0.29) is 11.2 Å². The second-order valence-electron chi connectivity index (χ2n) is 4.82. The van der Waals surface area contributed by atoms with E-state index in [0.717, 1.165) is 37.9 Å². The van der Waals surface area contributed by atoms with E-state index in [1.165, 1.54) is 0 Å². The van der Waals surface area contributed by atoms with Crippen LogP contribution in [0, 0.1) is 0 Å². The molecule has 0 aliphatic heterocycles. The van der Waals surface area contributed by atoms with Crippen LogP contribution < -0.4 is 0 Å². The molecule has 0 heterocycles. The van der Waals surface area contributed by atoms with Crippen molar-refractivity contribution in [1.29, 1.82) is 0 Å². The number of carbonyl (C=O) groups excluding carboxylic acids is 1. The molecule has 0 aromatic carbocycles. The highest BCUT2D eigenvalue weighted by atomic mass is 32.2. The number of hydrogen-bond donors (Lipinski definition) is 0. The molecule has 0 aromatic rings. The van der Waals surface area contributed by atoms with Crippen LogP contribution in [0.15, 0.2) is 0 Å². The molecule has 0 fully saturated rings. The zero-order chi connectivity index (χ0) is 14.5. The Hall–Kier alpha value is -0.250. The molecule has 0 amide bonds. The van der Waals surface area contributed by atoms with Gasteiger partial charge in [-0.1, -0.05) is 33.6 Å². The Morgan fingerprint density at radius 2 is 1.89 bits per heavy atom. The van der Waals surface area contributed by atoms with Crippen LogP contribution in [-0.2, 0) is 9.53 Å². The Balaban J connectivity index is 3.86. The molecule has 114 valence electrons. The lowest BCUT2D eigenvalue weighted by atomic mass is 10.2. The molecule has 2 atom stereocenters. The third kappa shape index (κ3) is 10.2. The van der Waals surface area contributed by atoms with Gasteiger partial charge in [0.1, 0.15) is 5.25 Å². The van der Waals surface area contributed by atoms with Gasteiger partial charge in [0.25, 0.3) is 0 Å². The Labute approximate surface area is 121 Å². The van der Waals surface area contributed by atoms with Crippen molar-refractivity contribution in [2.24, 2.45) is 0 Å². The van der Waals surface area contributed by atoms with E-state index in [4.69, 9.17) is 4.74 Å². The van der Waals surface area contributed by atoms with Crippen LogP contribution in [0.5, 0.6) is 0 Å². The lowest BCUT2D eigenvalue weighted by Gasteiger charge is -2.15. The van der Waals surface area contributed by atoms with Crippen LogP contribution in [-0.4, -0.2) is 29.8 Å². The van der Waals surface area contributed by atoms with Crippen molar-refractivity contribution in [1.82, 2.24) is 0 Å². The van der Waals surface area contributed by atoms with Crippen molar-refractivity contribution in [3.63, 3.8) is 0 Å². The second kappa shape index (κ2) is 12.8. The van der Waals surface area contributed by atoms with Gasteiger partial charge in [-0.3, -0.25) is 4.79 Å². The van der Waals surface area contributed by atoms with E-state index >= 15 is 0 Å². The Morgan fingerprint density at radius 1 is 1.16 bits per heavy atom. The summed E-state index contributed by atoms with van der Waals surface area (Å²) >= 11 is 1.62. The SMILES string of the molecule is CCCCOC(=O)C(CCC)SCCCC(F)CC. The van der Waals surface area contributed by atoms with E-state index in [2.05, 4.69) is 13.8 Å². The smallest absolute Gasteiger partial charge is 0.319 e. The molecule has 2 unspecified atom stereocenters. The number of halogens is 1. The fourth-order valence-corrected chi connectivity index (χ4v) is 2.90. The van der Waals surface area contributed by atoms with Crippen LogP contribution in [0.1, 0.15) is 65.7 Å². The molecule has 0 bridgehead atoms. The summed E-state index contributed by atoms with van der Waals surface area (Å²) < 4.78 is 18.3. The number of carbonyl (C=O) groups is 1. The Kier molecular flexibility index (Phi) is 12.6. The number of esters is 1. The van der Waals surface area contributed by atoms with E-state index in [1.807, 2.05) is 6.92 Å². The van der Waals surface area contributed by atoms with E-state index in [0.29, 0.717) is 19.4 Å². The van der Waals surface area contributed by atoms with E-state index in [1.54, 1.807) is 11.8 Å². The number of ether oxygens (including phenoxy) is 1. The van der Waals surface area contributed by atoms with Gasteiger partial charge in [-0.2, -0.15) is 0 Å². The normalized spacial score (nSPS) is 14.1. The predicted octanol–water partition coefficient (Wildman–Crippen LogP) is 4.76. The quantitative estimate of drug-likeness (QED) is 0.383. The van der Waals surface area contributed by atoms with Gasteiger partial charge in [0, 0.05) is 0 Å². The van der Waals surface area contributed by atoms with Gasteiger partial charge in [0.05, 0.1) is 12.8 Å². The standard InChI is InChI=1S/C15H29FO2S/c1-4-7-11-18-15(17)14(9-5-2)19-12-8-10-13(16)6-3/h13-14H,4-12H2,1-3H3. The summed E-state index contributed by atoms with van der Waals surface area (Å²) in [5.41, 5.74) is 0. The van der Waals surface area contributed by atoms with Crippen LogP contribution >= 0.6 is 11.8 Å². The fourth-order valence-electron chi connectivity index (χ4n) is 1.68. The first-order valence-electron chi connectivity index (χ1n) is 7.57. The lowest BCUT2D eigenvalue weighted by molar-refractivity contribution is -0.143. The fraction of sp³-hybridized carbons (Fsp3) is 0.933. The molecule has 4 heteroatoms. The van der Waals surface area contributed by atoms with Crippen molar-refractivity contribution in [2.45, 2.75) is 77.1 Å². The molecule has 19 heavy (non-hydrogen) atoms. The molecule has 0 aromatic heterocycles. The molecule has 0 radical (unpaired) electrons. The number of rotatable bonds is 12. The van der Waals surface area contributed by atoms with Gasteiger partial charge < -0.3 is 4.74 Å². The molecule has 0 saturated heterocycles. The summed E-state index contributed by atoms with van der Waals surface area (Å²) in [5, 5.41) is -0.0680. The monoisotopic (exact) mass is 292 g/mol. The van der Waals surface area contributed by atoms with Gasteiger partial charge >= 0.3 is 5.97 Å². The maximum atomic E-state index is 13.1. The minimum absolute atomic E-state index is 0.0680. The number of thioether (sulfide) groups is 1. The van der Waals surface area contributed by atoms with Crippen LogP contribution in [0.3, 0.4) is 0 Å². The van der Waals surface area contributed by atoms with Gasteiger partial charge in [0.15, 0.2) is 0 Å². The van der Waals surface area contributed by atoms with Crippen molar-refractivity contribution in [3.8, 4) is 0 Å². The summed E-state index contributed by atoms with van der Waals surface area (Å²) in [6.45, 7) is 6.54. The number of hydrogen-bond acceptors (Lipinski definition) is 3. The highest BCUT2D eigenvalue weighted by Gasteiger charge is 2.19. The molecule has 0 aliphatic rings. The maximum absolute atomic E-state index is 13.1. The molecule has 0 saturated carbocycles. The van der Waals surface area contributed by atoms with Crippen molar-refractivity contribution in [2.75, 3.05) is 12.4 Å². The van der Waals surface area contributed by atoms with Gasteiger partial charge in [-0.25, -0.2) is 4.39 Å². The summed E-state index contributed by atoms with van der Waals surface area (Å²) in [7, 11) is 0. The van der Waals surface area contributed by atoms with Gasteiger partial charge in [-0.05, 0) is 37.9 Å². The van der Waals surface area contributed by atoms with Gasteiger partial charge in [-0.15, -0.1) is 11.8 Å². The first kappa shape index (κ1) is 18.8. The average Bonchev–Trinajstić information content (AvgIpc) is 2.42. The second-order valence-corrected chi connectivity index (χ2v) is 6.13. The van der Waals surface area contributed by atoms with Crippen molar-refractivity contribution >= 4 is 17.7 Å². The lowest BCUT2D eigenvalue weighted by Crippen LogP contribution is -2.21. The first-order chi connectivity index (χ1) is 9.15. The topological polar surface area (TPSA) is 26.3 Å². The highest BCUT2D eigenvalue weighted by Crippen LogP contribution is 2.21. The first-order valence-corrected chi connectivity index (χ1v) is 8.62. The van der Waals surface area contributed by atoms with Gasteiger partial charge in [0.2, 0.25) is 0 Å². The van der Waals surface area contributed by atoms with Crippen molar-refractivity contribution < 1.29 is 13.9 Å². The molecular weight excluding hydrogens is 263 g/mol. The molecule has 0 spiro atoms. The molecular formula is C15H29FO2S. The predicted molar refractivity (Wildman–Crippen MR) is 81.4 cm³/mol. The van der Waals surface area contributed by atoms with E-state index < -0.39 is 6.17 Å². The maximum Gasteiger partial charge on any atom is 0.319 e. The summed E-state index contributed by atoms with van der Waals surface area (Å²) in [6, 6.07) is 0. The molecule has 2 nitrogen and oxygen atoms in total. The Bertz CT molecular complexity index is 224. The van der Waals surface area contributed by atoms with Crippen LogP contribution in [0.25, 0.3) is 0 Å². The number of alkyl halides is 1. The summed E-state index contributed by atoms with van der Waals surface area (Å²) in [5.74, 6) is 0.751. The third-order valence-corrected chi connectivity index (χ3v) is 4.33. The molecule has 0 N–H and O–H groups in total. The minimum Gasteiger partial charge on any atom is -0.465 e. The zero-order valence-electron chi connectivity index (χ0n) is 12.6. The van der Waals surface area contributed by atoms with Crippen molar-refractivity contribution in [3.05, 3.63) is 0 Å². The summed E-state index contributed by atoms with van der Waals surface area (Å²) in [6.07, 6.45) is 5.12. The van der Waals surface area contributed by atoms with Crippen LogP contribution in [0.2, 0.25) is 0 Å². The third-order valence-electron chi connectivity index (χ3n) is 2.98. The van der Waals surface area contributed by atoms with Crippen LogP contribution in [0.4, 0.5) is 4.39 Å². The van der Waals surface area contributed by atoms with E-state index in [9.17, 15) is 9.18 Å². The Morgan fingerprint density at radius 3 is 2.47 bits per heavy atom. The molecule has 0 rings (SSSR count). The molecule has 0 aliphatic carbocycles. The minimum atomic E-state index is -0.693. The number of unbranched alkanes of at least 4 members (excludes halogenated alkanes) is 1. The highest BCUT2D eigenvalue weighted by molar-refractivity contribution is 8.00. The average molecular weight is 292 g/mol. The largest absolute Gasteiger partial charge is 0.465 e. The zero-order valence-corrected chi connectivity index (χ0v) is 13.4. The summed E-state index contributed by atoms with van der Waals surface area (Å²) in [4.78, 5) is 11.9.